The molecular weight excluding hydrogens is 809 g/mol. The van der Waals surface area contributed by atoms with Crippen LogP contribution in [0.5, 0.6) is 11.5 Å². The molecule has 5 N–H and O–H groups in total. The zero-order valence-electron chi connectivity index (χ0n) is 38.9. The Hall–Kier alpha value is -5.38. The van der Waals surface area contributed by atoms with Crippen molar-refractivity contribution in [3.8, 4) is 22.6 Å². The SMILES string of the molecule is CCCCCCCCCCNCC(=O)N[C@@H](CCCCNC(=O)OC(C)(C)C)C(=O)N(C)[C@@H]1C(=O)N[C@@H](C)C(=O)N[C@H](C(=O)OC)Cc2ccc(OC)c(c2)-c2cc1ccc2OC. The fraction of sp³-hybridized carbons (Fsp3) is 0.617. The summed E-state index contributed by atoms with van der Waals surface area (Å²) in [5, 5.41) is 14.3. The summed E-state index contributed by atoms with van der Waals surface area (Å²) < 4.78 is 21.9. The molecule has 0 unspecified atom stereocenters. The molecule has 0 fully saturated rings. The summed E-state index contributed by atoms with van der Waals surface area (Å²) >= 11 is 0. The van der Waals surface area contributed by atoms with Gasteiger partial charge in [-0.05, 0) is 95.3 Å². The topological polar surface area (TPSA) is 203 Å². The first-order chi connectivity index (χ1) is 30.0. The van der Waals surface area contributed by atoms with E-state index in [1.807, 2.05) is 6.07 Å². The van der Waals surface area contributed by atoms with Gasteiger partial charge in [-0.3, -0.25) is 19.2 Å². The Labute approximate surface area is 373 Å². The minimum absolute atomic E-state index is 0.00393. The second-order valence-electron chi connectivity index (χ2n) is 17.1. The predicted molar refractivity (Wildman–Crippen MR) is 241 cm³/mol. The van der Waals surface area contributed by atoms with Crippen LogP contribution in [0.25, 0.3) is 11.1 Å². The maximum atomic E-state index is 14.7. The van der Waals surface area contributed by atoms with E-state index in [9.17, 15) is 28.8 Å². The molecule has 4 atom stereocenters. The second-order valence-corrected chi connectivity index (χ2v) is 17.1. The average molecular weight is 881 g/mol. The number of amides is 5. The summed E-state index contributed by atoms with van der Waals surface area (Å²) in [6.45, 7) is 9.92. The molecule has 1 aliphatic rings. The zero-order valence-corrected chi connectivity index (χ0v) is 38.9. The number of nitrogens with zero attached hydrogens (tertiary/aromatic N) is 1. The van der Waals surface area contributed by atoms with Gasteiger partial charge in [0.05, 0.1) is 27.9 Å². The van der Waals surface area contributed by atoms with Gasteiger partial charge in [-0.25, -0.2) is 9.59 Å². The van der Waals surface area contributed by atoms with Gasteiger partial charge in [-0.15, -0.1) is 0 Å². The van der Waals surface area contributed by atoms with Gasteiger partial charge in [-0.2, -0.15) is 0 Å². The first-order valence-corrected chi connectivity index (χ1v) is 22.3. The zero-order chi connectivity index (χ0) is 46.5. The molecule has 2 aromatic rings. The van der Waals surface area contributed by atoms with E-state index in [1.165, 1.54) is 72.3 Å². The first-order valence-electron chi connectivity index (χ1n) is 22.3. The Morgan fingerprint density at radius 1 is 0.810 bits per heavy atom. The van der Waals surface area contributed by atoms with Crippen molar-refractivity contribution in [2.24, 2.45) is 0 Å². The molecule has 5 amide bonds. The summed E-state index contributed by atoms with van der Waals surface area (Å²) in [4.78, 5) is 82.5. The highest BCUT2D eigenvalue weighted by Crippen LogP contribution is 2.40. The van der Waals surface area contributed by atoms with E-state index in [2.05, 4.69) is 33.5 Å². The molecule has 0 spiro atoms. The Kier molecular flexibility index (Phi) is 21.7. The molecule has 0 aromatic heterocycles. The summed E-state index contributed by atoms with van der Waals surface area (Å²) in [6, 6.07) is 5.83. The number of ether oxygens (including phenoxy) is 4. The van der Waals surface area contributed by atoms with E-state index >= 15 is 0 Å². The molecule has 1 aliphatic heterocycles. The van der Waals surface area contributed by atoms with Crippen molar-refractivity contribution >= 4 is 35.7 Å². The van der Waals surface area contributed by atoms with Crippen LogP contribution in [0.15, 0.2) is 36.4 Å². The van der Waals surface area contributed by atoms with Crippen molar-refractivity contribution in [3.05, 3.63) is 47.5 Å². The Bertz CT molecular complexity index is 1830. The monoisotopic (exact) mass is 881 g/mol. The van der Waals surface area contributed by atoms with E-state index in [0.717, 1.165) is 19.3 Å². The molecule has 63 heavy (non-hydrogen) atoms. The standard InChI is InChI=1S/C47H72N6O10/c1-10-11-12-13-14-15-16-18-25-48-30-40(54)51-36(20-17-19-26-49-46(59)63-47(3,4)5)44(57)53(6)41-33-22-24-39(61-8)35(29-33)34-27-32(21-23-38(34)60-7)28-37(45(58)62-9)52-42(55)31(2)50-43(41)56/h21-24,27,29,31,36-37,41,48H,10-20,25-26,28,30H2,1-9H3,(H,49,59)(H,50,56)(H,51,54)(H,52,55)/t31-,36-,37-,41-/m0/s1. The fourth-order valence-corrected chi connectivity index (χ4v) is 7.42. The van der Waals surface area contributed by atoms with Crippen LogP contribution in [0, 0.1) is 0 Å². The van der Waals surface area contributed by atoms with E-state index in [1.54, 1.807) is 51.1 Å². The number of carbonyl (C=O) groups excluding carboxylic acids is 6. The molecular formula is C47H72N6O10. The number of rotatable bonds is 22. The van der Waals surface area contributed by atoms with Crippen LogP contribution in [-0.2, 0) is 39.9 Å². The van der Waals surface area contributed by atoms with E-state index in [0.29, 0.717) is 53.1 Å². The van der Waals surface area contributed by atoms with Crippen molar-refractivity contribution in [2.75, 3.05) is 48.0 Å². The van der Waals surface area contributed by atoms with Gasteiger partial charge >= 0.3 is 12.1 Å². The number of esters is 1. The molecule has 350 valence electrons. The lowest BCUT2D eigenvalue weighted by molar-refractivity contribution is -0.145. The predicted octanol–water partition coefficient (Wildman–Crippen LogP) is 5.50. The number of unbranched alkanes of at least 4 members (excludes halogenated alkanes) is 8. The fourth-order valence-electron chi connectivity index (χ4n) is 7.42. The highest BCUT2D eigenvalue weighted by atomic mass is 16.6. The Balaban J connectivity index is 1.95. The Morgan fingerprint density at radius 2 is 1.43 bits per heavy atom. The minimum atomic E-state index is -1.31. The van der Waals surface area contributed by atoms with Gasteiger partial charge in [0.15, 0.2) is 0 Å². The molecule has 16 nitrogen and oxygen atoms in total. The molecule has 0 radical (unpaired) electrons. The highest BCUT2D eigenvalue weighted by Gasteiger charge is 2.36. The largest absolute Gasteiger partial charge is 0.496 e. The summed E-state index contributed by atoms with van der Waals surface area (Å²) in [7, 11) is 5.73. The smallest absolute Gasteiger partial charge is 0.407 e. The summed E-state index contributed by atoms with van der Waals surface area (Å²) in [5.74, 6) is -2.01. The second kappa shape index (κ2) is 26.3. The molecule has 2 aromatic carbocycles. The van der Waals surface area contributed by atoms with Gasteiger partial charge < -0.3 is 50.4 Å². The van der Waals surface area contributed by atoms with Gasteiger partial charge in [0.25, 0.3) is 0 Å². The van der Waals surface area contributed by atoms with Crippen LogP contribution >= 0.6 is 0 Å². The Morgan fingerprint density at radius 3 is 2.06 bits per heavy atom. The van der Waals surface area contributed by atoms with Gasteiger partial charge in [0.1, 0.15) is 41.3 Å². The van der Waals surface area contributed by atoms with Gasteiger partial charge in [-0.1, -0.05) is 64.0 Å². The number of carbonyl (C=O) groups is 6. The quantitative estimate of drug-likeness (QED) is 0.0739. The number of benzene rings is 2. The van der Waals surface area contributed by atoms with Gasteiger partial charge in [0, 0.05) is 31.1 Å². The van der Waals surface area contributed by atoms with E-state index in [-0.39, 0.29) is 31.8 Å². The van der Waals surface area contributed by atoms with Crippen LogP contribution in [0.2, 0.25) is 0 Å². The number of fused-ring (bicyclic) bond motifs is 5. The summed E-state index contributed by atoms with van der Waals surface area (Å²) in [5.41, 5.74) is 1.53. The van der Waals surface area contributed by atoms with Crippen molar-refractivity contribution in [1.29, 1.82) is 0 Å². The lowest BCUT2D eigenvalue weighted by Gasteiger charge is -2.32. The molecule has 4 bridgehead atoms. The molecule has 0 saturated carbocycles. The number of nitrogens with one attached hydrogen (secondary N) is 5. The number of hydrogen-bond acceptors (Lipinski definition) is 11. The van der Waals surface area contributed by atoms with Crippen LogP contribution in [0.3, 0.4) is 0 Å². The molecule has 3 rings (SSSR count). The third-order valence-corrected chi connectivity index (χ3v) is 10.8. The van der Waals surface area contributed by atoms with E-state index < -0.39 is 59.6 Å². The number of likely N-dealkylation sites (N-methyl/N-ethyl adjacent to an activating group) is 1. The number of alkyl carbamates (subject to hydrolysis) is 1. The minimum Gasteiger partial charge on any atom is -0.496 e. The maximum Gasteiger partial charge on any atom is 0.407 e. The highest BCUT2D eigenvalue weighted by molar-refractivity contribution is 5.96. The van der Waals surface area contributed by atoms with Crippen molar-refractivity contribution in [3.63, 3.8) is 0 Å². The number of methoxy groups -OCH3 is 3. The molecule has 0 saturated heterocycles. The summed E-state index contributed by atoms with van der Waals surface area (Å²) in [6.07, 6.45) is 9.93. The normalized spacial score (nSPS) is 16.9. The molecule has 0 aliphatic carbocycles. The van der Waals surface area contributed by atoms with Crippen LogP contribution in [0.4, 0.5) is 4.79 Å². The van der Waals surface area contributed by atoms with Crippen LogP contribution in [0.1, 0.15) is 122 Å². The van der Waals surface area contributed by atoms with E-state index in [4.69, 9.17) is 18.9 Å². The maximum absolute atomic E-state index is 14.7. The third kappa shape index (κ3) is 17.0. The van der Waals surface area contributed by atoms with Crippen molar-refractivity contribution in [1.82, 2.24) is 31.5 Å². The number of hydrogen-bond donors (Lipinski definition) is 5. The lowest BCUT2D eigenvalue weighted by atomic mass is 9.93. The van der Waals surface area contributed by atoms with Crippen LogP contribution < -0.4 is 36.1 Å². The van der Waals surface area contributed by atoms with Crippen molar-refractivity contribution < 1.29 is 47.7 Å². The van der Waals surface area contributed by atoms with Gasteiger partial charge in [0.2, 0.25) is 23.6 Å². The first kappa shape index (κ1) is 52.0. The molecule has 1 heterocycles. The average Bonchev–Trinajstić information content (AvgIpc) is 3.24. The lowest BCUT2D eigenvalue weighted by Crippen LogP contribution is -2.55. The molecule has 16 heteroatoms. The van der Waals surface area contributed by atoms with Crippen molar-refractivity contribution in [2.45, 2.75) is 141 Å². The third-order valence-electron chi connectivity index (χ3n) is 10.8. The van der Waals surface area contributed by atoms with Crippen LogP contribution in [-0.4, -0.2) is 112 Å².